The van der Waals surface area contributed by atoms with Gasteiger partial charge in [-0.05, 0) is 37.1 Å². The van der Waals surface area contributed by atoms with Crippen LogP contribution in [0.2, 0.25) is 5.02 Å². The van der Waals surface area contributed by atoms with E-state index in [-0.39, 0.29) is 18.2 Å². The number of carboxylic acids is 1. The van der Waals surface area contributed by atoms with E-state index in [1.54, 1.807) is 18.2 Å². The first-order valence-electron chi connectivity index (χ1n) is 7.43. The summed E-state index contributed by atoms with van der Waals surface area (Å²) in [5, 5.41) is 9.66. The summed E-state index contributed by atoms with van der Waals surface area (Å²) in [5.41, 5.74) is 0.718. The summed E-state index contributed by atoms with van der Waals surface area (Å²) in [4.78, 5) is 25.2. The molecule has 1 aliphatic heterocycles. The number of piperidine rings is 1. The van der Waals surface area contributed by atoms with E-state index in [9.17, 15) is 9.59 Å². The number of aliphatic carboxylic acids is 1. The maximum absolute atomic E-state index is 12.5. The summed E-state index contributed by atoms with van der Waals surface area (Å²) in [6, 6.07) is 10.5. The van der Waals surface area contributed by atoms with Gasteiger partial charge in [0.2, 0.25) is 0 Å². The number of amides is 1. The van der Waals surface area contributed by atoms with Crippen LogP contribution in [0.5, 0.6) is 0 Å². The van der Waals surface area contributed by atoms with Crippen molar-refractivity contribution in [3.8, 4) is 11.3 Å². The van der Waals surface area contributed by atoms with Gasteiger partial charge in [0.15, 0.2) is 5.76 Å². The SMILES string of the molecule is O=C(O)C1CCCN(C(=O)c2ccc(-c3ccccc3Cl)o2)C1. The third-order valence-corrected chi connectivity index (χ3v) is 4.34. The molecule has 0 aliphatic carbocycles. The number of halogens is 1. The van der Waals surface area contributed by atoms with Crippen LogP contribution in [0.4, 0.5) is 0 Å². The molecule has 2 aromatic rings. The first-order chi connectivity index (χ1) is 11.1. The lowest BCUT2D eigenvalue weighted by Gasteiger charge is -2.29. The minimum Gasteiger partial charge on any atom is -0.481 e. The molecule has 1 saturated heterocycles. The van der Waals surface area contributed by atoms with E-state index in [0.29, 0.717) is 30.2 Å². The van der Waals surface area contributed by atoms with Gasteiger partial charge >= 0.3 is 5.97 Å². The van der Waals surface area contributed by atoms with Gasteiger partial charge in [0.25, 0.3) is 5.91 Å². The standard InChI is InChI=1S/C17H16ClNO4/c18-13-6-2-1-5-12(13)14-7-8-15(23-14)16(20)19-9-3-4-11(10-19)17(21)22/h1-2,5-8,11H,3-4,9-10H2,(H,21,22). The molecule has 1 amide bonds. The molecule has 1 aliphatic rings. The van der Waals surface area contributed by atoms with Crippen molar-refractivity contribution in [2.45, 2.75) is 12.8 Å². The lowest BCUT2D eigenvalue weighted by atomic mass is 9.98. The lowest BCUT2D eigenvalue weighted by Crippen LogP contribution is -2.42. The summed E-state index contributed by atoms with van der Waals surface area (Å²) in [7, 11) is 0. The average molecular weight is 334 g/mol. The largest absolute Gasteiger partial charge is 0.481 e. The van der Waals surface area contributed by atoms with Crippen molar-refractivity contribution in [2.24, 2.45) is 5.92 Å². The number of rotatable bonds is 3. The van der Waals surface area contributed by atoms with Gasteiger partial charge in [0, 0.05) is 18.7 Å². The molecule has 5 nitrogen and oxygen atoms in total. The van der Waals surface area contributed by atoms with E-state index in [1.165, 1.54) is 4.90 Å². The topological polar surface area (TPSA) is 70.8 Å². The van der Waals surface area contributed by atoms with E-state index < -0.39 is 11.9 Å². The molecular formula is C17H16ClNO4. The predicted octanol–water partition coefficient (Wildman–Crippen LogP) is 3.54. The predicted molar refractivity (Wildman–Crippen MR) is 85.4 cm³/mol. The second-order valence-electron chi connectivity index (χ2n) is 5.57. The Kier molecular flexibility index (Phi) is 4.39. The van der Waals surface area contributed by atoms with Gasteiger partial charge in [-0.25, -0.2) is 0 Å². The van der Waals surface area contributed by atoms with Gasteiger partial charge in [-0.1, -0.05) is 23.7 Å². The maximum Gasteiger partial charge on any atom is 0.308 e. The summed E-state index contributed by atoms with van der Waals surface area (Å²) in [6.07, 6.45) is 1.28. The zero-order valence-electron chi connectivity index (χ0n) is 12.4. The number of carbonyl (C=O) groups is 2. The number of carbonyl (C=O) groups excluding carboxylic acids is 1. The maximum atomic E-state index is 12.5. The third kappa shape index (κ3) is 3.24. The second kappa shape index (κ2) is 6.46. The quantitative estimate of drug-likeness (QED) is 0.932. The van der Waals surface area contributed by atoms with Crippen molar-refractivity contribution < 1.29 is 19.1 Å². The Morgan fingerprint density at radius 3 is 2.74 bits per heavy atom. The highest BCUT2D eigenvalue weighted by Crippen LogP contribution is 2.29. The molecule has 120 valence electrons. The molecule has 0 radical (unpaired) electrons. The Morgan fingerprint density at radius 1 is 1.22 bits per heavy atom. The number of furan rings is 1. The first kappa shape index (κ1) is 15.6. The van der Waals surface area contributed by atoms with Crippen molar-refractivity contribution >= 4 is 23.5 Å². The fourth-order valence-corrected chi connectivity index (χ4v) is 3.01. The van der Waals surface area contributed by atoms with E-state index in [0.717, 1.165) is 5.56 Å². The smallest absolute Gasteiger partial charge is 0.308 e. The van der Waals surface area contributed by atoms with Gasteiger partial charge in [0.05, 0.1) is 10.9 Å². The fourth-order valence-electron chi connectivity index (χ4n) is 2.78. The molecule has 2 heterocycles. The van der Waals surface area contributed by atoms with Gasteiger partial charge < -0.3 is 14.4 Å². The molecule has 23 heavy (non-hydrogen) atoms. The second-order valence-corrected chi connectivity index (χ2v) is 5.98. The monoisotopic (exact) mass is 333 g/mol. The number of nitrogens with zero attached hydrogens (tertiary/aromatic N) is 1. The van der Waals surface area contributed by atoms with Crippen LogP contribution in [0.3, 0.4) is 0 Å². The van der Waals surface area contributed by atoms with Crippen molar-refractivity contribution in [2.75, 3.05) is 13.1 Å². The zero-order chi connectivity index (χ0) is 16.4. The highest BCUT2D eigenvalue weighted by molar-refractivity contribution is 6.33. The molecule has 1 atom stereocenters. The Morgan fingerprint density at radius 2 is 2.00 bits per heavy atom. The Balaban J connectivity index is 1.79. The van der Waals surface area contributed by atoms with Gasteiger partial charge in [-0.3, -0.25) is 9.59 Å². The molecule has 1 N–H and O–H groups in total. The summed E-state index contributed by atoms with van der Waals surface area (Å²) >= 11 is 6.13. The molecule has 6 heteroatoms. The van der Waals surface area contributed by atoms with Crippen molar-refractivity contribution in [3.63, 3.8) is 0 Å². The van der Waals surface area contributed by atoms with Gasteiger partial charge in [-0.15, -0.1) is 0 Å². The minimum absolute atomic E-state index is 0.200. The molecule has 1 unspecified atom stereocenters. The van der Waals surface area contributed by atoms with Crippen LogP contribution < -0.4 is 0 Å². The number of carboxylic acid groups (broad SMARTS) is 1. The summed E-state index contributed by atoms with van der Waals surface area (Å²) in [6.45, 7) is 0.765. The lowest BCUT2D eigenvalue weighted by molar-refractivity contribution is -0.143. The van der Waals surface area contributed by atoms with Crippen LogP contribution in [-0.2, 0) is 4.79 Å². The molecule has 0 spiro atoms. The van der Waals surface area contributed by atoms with E-state index in [2.05, 4.69) is 0 Å². The van der Waals surface area contributed by atoms with Crippen LogP contribution in [-0.4, -0.2) is 35.0 Å². The van der Waals surface area contributed by atoms with E-state index >= 15 is 0 Å². The molecular weight excluding hydrogens is 318 g/mol. The zero-order valence-corrected chi connectivity index (χ0v) is 13.1. The number of hydrogen-bond acceptors (Lipinski definition) is 3. The Labute approximate surface area is 138 Å². The molecule has 1 aromatic heterocycles. The highest BCUT2D eigenvalue weighted by Gasteiger charge is 2.30. The Bertz CT molecular complexity index is 740. The molecule has 0 bridgehead atoms. The average Bonchev–Trinajstić information content (AvgIpc) is 3.04. The van der Waals surface area contributed by atoms with E-state index in [1.807, 2.05) is 18.2 Å². The van der Waals surface area contributed by atoms with Crippen LogP contribution in [0, 0.1) is 5.92 Å². The molecule has 1 aromatic carbocycles. The molecule has 0 saturated carbocycles. The minimum atomic E-state index is -0.862. The highest BCUT2D eigenvalue weighted by atomic mass is 35.5. The third-order valence-electron chi connectivity index (χ3n) is 4.01. The van der Waals surface area contributed by atoms with Gasteiger partial charge in [-0.2, -0.15) is 0 Å². The number of benzene rings is 1. The van der Waals surface area contributed by atoms with Crippen LogP contribution in [0.1, 0.15) is 23.4 Å². The fraction of sp³-hybridized carbons (Fsp3) is 0.294. The Hall–Kier alpha value is -2.27. The number of hydrogen-bond donors (Lipinski definition) is 1. The summed E-state index contributed by atoms with van der Waals surface area (Å²) in [5.74, 6) is -0.935. The van der Waals surface area contributed by atoms with Crippen LogP contribution in [0.15, 0.2) is 40.8 Å². The normalized spacial score (nSPS) is 18.0. The van der Waals surface area contributed by atoms with Crippen molar-refractivity contribution in [1.29, 1.82) is 0 Å². The summed E-state index contributed by atoms with van der Waals surface area (Å²) < 4.78 is 5.64. The van der Waals surface area contributed by atoms with Crippen LogP contribution >= 0.6 is 11.6 Å². The molecule has 3 rings (SSSR count). The first-order valence-corrected chi connectivity index (χ1v) is 7.81. The van der Waals surface area contributed by atoms with Crippen molar-refractivity contribution in [3.05, 3.63) is 47.2 Å². The van der Waals surface area contributed by atoms with Gasteiger partial charge in [0.1, 0.15) is 5.76 Å². The van der Waals surface area contributed by atoms with Crippen LogP contribution in [0.25, 0.3) is 11.3 Å². The van der Waals surface area contributed by atoms with E-state index in [4.69, 9.17) is 21.1 Å². The molecule has 1 fully saturated rings. The van der Waals surface area contributed by atoms with Crippen molar-refractivity contribution in [1.82, 2.24) is 4.90 Å². The number of likely N-dealkylation sites (tertiary alicyclic amines) is 1.